The highest BCUT2D eigenvalue weighted by Gasteiger charge is 2.42. The summed E-state index contributed by atoms with van der Waals surface area (Å²) in [7, 11) is -1.58. The molecule has 0 bridgehead atoms. The number of hydrogen-bond donors (Lipinski definition) is 5. The van der Waals surface area contributed by atoms with Gasteiger partial charge in [0.05, 0.1) is 39.0 Å². The number of rotatable bonds is 2. The molecule has 1 aliphatic heterocycles. The van der Waals surface area contributed by atoms with Gasteiger partial charge in [0.2, 0.25) is 5.78 Å². The van der Waals surface area contributed by atoms with Crippen LogP contribution in [0.2, 0.25) is 0 Å². The fraction of sp³-hybridized carbons (Fsp3) is 0. The standard InChI is InChI=1S/C40H26NO6P/c42-29-17-21(41-27-13-5-1-9-23(27)24-10-2-6-14-28(24)41)18-30(43)35(29)37-39(46)38(40(37)47)36-31(44)19-22(20-32(36)45)48-33-15-7-3-11-25(33)26-12-4-8-16-34(26)48/h1-20,42-46,48H. The molecule has 5 aromatic carbocycles. The van der Waals surface area contributed by atoms with Crippen molar-refractivity contribution in [3.05, 3.63) is 155 Å². The minimum Gasteiger partial charge on any atom is -0.507 e. The van der Waals surface area contributed by atoms with Crippen LogP contribution in [0.1, 0.15) is 5.56 Å². The van der Waals surface area contributed by atoms with E-state index in [1.807, 2.05) is 77.4 Å². The summed E-state index contributed by atoms with van der Waals surface area (Å²) < 4.78 is 1.91. The first-order chi connectivity index (χ1) is 23.3. The largest absolute Gasteiger partial charge is 0.507 e. The molecular weight excluding hydrogens is 621 g/mol. The second-order valence-corrected chi connectivity index (χ2v) is 14.4. The summed E-state index contributed by atoms with van der Waals surface area (Å²) in [5, 5.41) is 61.0. The molecule has 7 nitrogen and oxygen atoms in total. The lowest BCUT2D eigenvalue weighted by Crippen LogP contribution is -2.25. The number of hydrogen-bond acceptors (Lipinski definition) is 6. The molecular formula is C40H26NO6P. The molecule has 0 saturated heterocycles. The van der Waals surface area contributed by atoms with Crippen LogP contribution in [0.5, 0.6) is 11.5 Å². The van der Waals surface area contributed by atoms with Crippen molar-refractivity contribution in [2.75, 3.05) is 0 Å². The maximum absolute atomic E-state index is 13.6. The second kappa shape index (κ2) is 10.2. The molecule has 0 fully saturated rings. The third-order valence-electron chi connectivity index (χ3n) is 9.42. The summed E-state index contributed by atoms with van der Waals surface area (Å²) in [5.74, 6) is -2.80. The third-order valence-corrected chi connectivity index (χ3v) is 12.2. The number of aromatic hydroxyl groups is 2. The Bertz CT molecular complexity index is 2490. The van der Waals surface area contributed by atoms with Crippen molar-refractivity contribution in [3.63, 3.8) is 0 Å². The van der Waals surface area contributed by atoms with Crippen LogP contribution in [-0.4, -0.2) is 41.2 Å². The lowest BCUT2D eigenvalue weighted by molar-refractivity contribution is -0.111. The molecule has 0 atom stereocenters. The minimum atomic E-state index is -1.58. The number of para-hydroxylation sites is 2. The van der Waals surface area contributed by atoms with E-state index in [2.05, 4.69) is 24.3 Å². The second-order valence-electron chi connectivity index (χ2n) is 12.0. The third kappa shape index (κ3) is 3.79. The summed E-state index contributed by atoms with van der Waals surface area (Å²) in [5.41, 5.74) is 3.40. The lowest BCUT2D eigenvalue weighted by atomic mass is 9.78. The van der Waals surface area contributed by atoms with Crippen molar-refractivity contribution in [2.24, 2.45) is 0 Å². The molecule has 0 spiro atoms. The number of nitrogens with zero attached hydrogens (tertiary/aromatic N) is 1. The summed E-state index contributed by atoms with van der Waals surface area (Å²) >= 11 is 0. The van der Waals surface area contributed by atoms with Gasteiger partial charge in [-0.05, 0) is 51.3 Å². The summed E-state index contributed by atoms with van der Waals surface area (Å²) in [4.78, 5) is 13.6. The van der Waals surface area contributed by atoms with Gasteiger partial charge >= 0.3 is 0 Å². The SMILES string of the molecule is O=C1C(=C2C(O)=CC(=[PH]3c4ccccc4-c4ccccc43)C=C2O)C(O)=C1c1c(O)cc(-n2c3ccccc3c3ccccc32)cc1O. The van der Waals surface area contributed by atoms with Crippen LogP contribution < -0.4 is 10.6 Å². The fourth-order valence-electron chi connectivity index (χ4n) is 7.39. The normalized spacial score (nSPS) is 15.9. The maximum atomic E-state index is 13.6. The molecule has 0 unspecified atom stereocenters. The Morgan fingerprint density at radius 3 is 1.54 bits per heavy atom. The molecule has 5 N–H and O–H groups in total. The maximum Gasteiger partial charge on any atom is 0.202 e. The van der Waals surface area contributed by atoms with E-state index in [0.29, 0.717) is 5.69 Å². The van der Waals surface area contributed by atoms with Gasteiger partial charge in [-0.2, -0.15) is 0 Å². The van der Waals surface area contributed by atoms with Crippen molar-refractivity contribution < 1.29 is 30.3 Å². The smallest absolute Gasteiger partial charge is 0.202 e. The Kier molecular flexibility index (Phi) is 5.95. The van der Waals surface area contributed by atoms with E-state index in [4.69, 9.17) is 0 Å². The zero-order chi connectivity index (χ0) is 32.8. The van der Waals surface area contributed by atoms with Crippen molar-refractivity contribution in [1.29, 1.82) is 0 Å². The number of fused-ring (bicyclic) bond motifs is 6. The average Bonchev–Trinajstić information content (AvgIpc) is 3.61. The van der Waals surface area contributed by atoms with E-state index >= 15 is 0 Å². The number of benzene rings is 5. The Morgan fingerprint density at radius 2 is 1.02 bits per heavy atom. The zero-order valence-corrected chi connectivity index (χ0v) is 26.1. The molecule has 48 heavy (non-hydrogen) atoms. The molecule has 0 amide bonds. The first-order valence-electron chi connectivity index (χ1n) is 15.4. The van der Waals surface area contributed by atoms with Crippen LogP contribution in [0, 0.1) is 0 Å². The van der Waals surface area contributed by atoms with Crippen LogP contribution in [0.3, 0.4) is 0 Å². The van der Waals surface area contributed by atoms with Crippen molar-refractivity contribution in [3.8, 4) is 28.3 Å². The monoisotopic (exact) mass is 647 g/mol. The quantitative estimate of drug-likeness (QED) is 0.0995. The number of ketones is 1. The Morgan fingerprint density at radius 1 is 0.542 bits per heavy atom. The Hall–Kier alpha value is -6.17. The van der Waals surface area contributed by atoms with E-state index in [1.165, 1.54) is 12.1 Å². The van der Waals surface area contributed by atoms with Crippen LogP contribution in [-0.2, 0) is 4.79 Å². The Balaban J connectivity index is 1.15. The average molecular weight is 648 g/mol. The summed E-state index contributed by atoms with van der Waals surface area (Å²) in [6.45, 7) is 0. The minimum absolute atomic E-state index is 0.201. The van der Waals surface area contributed by atoms with Crippen LogP contribution in [0.4, 0.5) is 0 Å². The van der Waals surface area contributed by atoms with Crippen molar-refractivity contribution in [1.82, 2.24) is 4.57 Å². The van der Waals surface area contributed by atoms with Crippen LogP contribution in [0.15, 0.2) is 150 Å². The van der Waals surface area contributed by atoms with Crippen molar-refractivity contribution >= 4 is 56.6 Å². The number of aromatic nitrogens is 1. The molecule has 2 heterocycles. The van der Waals surface area contributed by atoms with Crippen LogP contribution >= 0.6 is 7.55 Å². The first-order valence-corrected chi connectivity index (χ1v) is 16.9. The molecule has 0 radical (unpaired) electrons. The van der Waals surface area contributed by atoms with Gasteiger partial charge in [0.15, 0.2) is 0 Å². The number of aliphatic hydroxyl groups excluding tert-OH is 3. The van der Waals surface area contributed by atoms with Gasteiger partial charge in [-0.15, -0.1) is 0 Å². The van der Waals surface area contributed by atoms with Gasteiger partial charge in [-0.1, -0.05) is 92.5 Å². The molecule has 1 aromatic heterocycles. The first kappa shape index (κ1) is 28.1. The van der Waals surface area contributed by atoms with E-state index < -0.39 is 30.6 Å². The topological polar surface area (TPSA) is 123 Å². The van der Waals surface area contributed by atoms with E-state index in [-0.39, 0.29) is 33.8 Å². The molecule has 0 saturated carbocycles. The molecule has 3 aliphatic rings. The highest BCUT2D eigenvalue weighted by Crippen LogP contribution is 2.49. The number of Topliss-reactive ketones (excluding diaryl/α,β-unsaturated/α-hetero) is 1. The highest BCUT2D eigenvalue weighted by molar-refractivity contribution is 7.75. The van der Waals surface area contributed by atoms with Gasteiger partial charge in [-0.3, -0.25) is 4.79 Å². The summed E-state index contributed by atoms with van der Waals surface area (Å²) in [6.07, 6.45) is 3.09. The number of carbonyl (C=O) groups excluding carboxylic acids is 1. The molecule has 9 rings (SSSR count). The molecule has 6 aromatic rings. The van der Waals surface area contributed by atoms with Gasteiger partial charge in [-0.25, -0.2) is 0 Å². The lowest BCUT2D eigenvalue weighted by Gasteiger charge is -2.27. The van der Waals surface area contributed by atoms with E-state index in [9.17, 15) is 30.3 Å². The van der Waals surface area contributed by atoms with Crippen molar-refractivity contribution in [2.45, 2.75) is 0 Å². The van der Waals surface area contributed by atoms with Gasteiger partial charge in [0.25, 0.3) is 0 Å². The van der Waals surface area contributed by atoms with Gasteiger partial charge in [0, 0.05) is 22.9 Å². The number of phenols is 2. The van der Waals surface area contributed by atoms with E-state index in [1.54, 1.807) is 12.2 Å². The predicted molar refractivity (Wildman–Crippen MR) is 192 cm³/mol. The number of carbonyl (C=O) groups is 1. The highest BCUT2D eigenvalue weighted by atomic mass is 31.1. The van der Waals surface area contributed by atoms with Gasteiger partial charge < -0.3 is 30.1 Å². The number of phenolic OH excluding ortho intramolecular Hbond substituents is 2. The molecule has 2 aliphatic carbocycles. The fourth-order valence-corrected chi connectivity index (χ4v) is 10.4. The summed E-state index contributed by atoms with van der Waals surface area (Å²) in [6, 6.07) is 34.6. The number of allylic oxidation sites excluding steroid dienone is 4. The molecule has 232 valence electrons. The van der Waals surface area contributed by atoms with E-state index in [0.717, 1.165) is 48.8 Å². The Labute approximate surface area is 274 Å². The molecule has 8 heteroatoms. The zero-order valence-electron chi connectivity index (χ0n) is 25.1. The number of aliphatic hydroxyl groups is 3. The predicted octanol–water partition coefficient (Wildman–Crippen LogP) is 7.26. The van der Waals surface area contributed by atoms with Gasteiger partial charge in [0.1, 0.15) is 28.8 Å². The van der Waals surface area contributed by atoms with Crippen LogP contribution in [0.25, 0.3) is 44.2 Å².